The molecule has 0 saturated carbocycles. The number of nitrogens with zero attached hydrogens (tertiary/aromatic N) is 10. The average Bonchev–Trinajstić information content (AvgIpc) is 4.46. The fourth-order valence-corrected chi connectivity index (χ4v) is 7.65. The molecule has 0 aliphatic heterocycles. The van der Waals surface area contributed by atoms with Gasteiger partial charge in [-0.3, -0.25) is 42.6 Å². The van der Waals surface area contributed by atoms with E-state index in [4.69, 9.17) is 34.5 Å². The SMILES string of the molecule is CCn1nc(C)cc1C(=O)Nc1nc2cc(C(N)=O)cnc2n1CCCCNC(=O)OCc1ccccc1.CCn1nc(C)cc1C(=O)O.NC(=O)c1cnc2c(c1)nc(N)n2CCCCNC(=O)OCc1ccccc1.[2H]CF.[3H][B].[U]. The molecule has 8 rings (SSSR count). The van der Waals surface area contributed by atoms with E-state index in [0.717, 1.165) is 35.4 Å². The minimum absolute atomic E-state index is 0. The molecule has 2 aromatic carbocycles. The van der Waals surface area contributed by atoms with Gasteiger partial charge in [0, 0.05) is 91.2 Å². The van der Waals surface area contributed by atoms with E-state index in [0.29, 0.717) is 86.1 Å². The number of halogens is 1. The molecule has 0 aliphatic carbocycles. The number of aromatic carboxylic acids is 1. The number of ether oxygens (including phenoxy) is 2. The smallest absolute Gasteiger partial charge is 0.407 e. The fraction of sp³-hybridized carbons (Fsp3) is 0.321. The van der Waals surface area contributed by atoms with E-state index in [1.165, 1.54) is 17.1 Å². The predicted octanol–water partition coefficient (Wildman–Crippen LogP) is 5.68. The van der Waals surface area contributed by atoms with Gasteiger partial charge >= 0.3 is 18.2 Å². The molecule has 6 aromatic heterocycles. The van der Waals surface area contributed by atoms with Gasteiger partial charge in [0.05, 0.1) is 31.0 Å². The minimum Gasteiger partial charge on any atom is -0.477 e. The number of imidazole rings is 2. The van der Waals surface area contributed by atoms with Crippen LogP contribution in [0.15, 0.2) is 97.3 Å². The molecule has 10 N–H and O–H groups in total. The van der Waals surface area contributed by atoms with Gasteiger partial charge in [0.15, 0.2) is 11.3 Å². The van der Waals surface area contributed by atoms with Gasteiger partial charge < -0.3 is 42.4 Å². The quantitative estimate of drug-likeness (QED) is 0.0336. The number of carboxylic acid groups (broad SMARTS) is 1. The van der Waals surface area contributed by atoms with Crippen LogP contribution in [0.25, 0.3) is 22.3 Å². The summed E-state index contributed by atoms with van der Waals surface area (Å²) < 4.78 is 37.8. The van der Waals surface area contributed by atoms with Crippen molar-refractivity contribution in [3.63, 3.8) is 0 Å². The van der Waals surface area contributed by atoms with Crippen LogP contribution in [-0.2, 0) is 48.9 Å². The van der Waals surface area contributed by atoms with Gasteiger partial charge in [0.25, 0.3) is 5.91 Å². The van der Waals surface area contributed by atoms with Crippen molar-refractivity contribution in [2.45, 2.75) is 92.8 Å². The number of amides is 5. The second-order valence-electron chi connectivity index (χ2n) is 17.2. The Balaban J connectivity index is 0.000000350. The molecule has 81 heavy (non-hydrogen) atoms. The molecule has 6 heterocycles. The zero-order chi connectivity index (χ0) is 60.1. The summed E-state index contributed by atoms with van der Waals surface area (Å²) in [7, 11) is 2.75. The predicted molar refractivity (Wildman–Crippen MR) is 299 cm³/mol. The average molecular weight is 1340 g/mol. The summed E-state index contributed by atoms with van der Waals surface area (Å²) in [4.78, 5) is 87.4. The zero-order valence-corrected chi connectivity index (χ0v) is 49.5. The first-order chi connectivity index (χ1) is 39.5. The van der Waals surface area contributed by atoms with Crippen molar-refractivity contribution >= 4 is 78.5 Å². The molecule has 0 unspecified atom stereocenters. The van der Waals surface area contributed by atoms with Crippen LogP contribution in [-0.4, -0.2) is 120 Å². The summed E-state index contributed by atoms with van der Waals surface area (Å²) in [5.74, 6) is -1.86. The first-order valence-electron chi connectivity index (χ1n) is 26.2. The summed E-state index contributed by atoms with van der Waals surface area (Å²) in [6, 6.07) is 25.3. The molecule has 8 aromatic rings. The Hall–Kier alpha value is -8.63. The number of fused-ring (bicyclic) bond motifs is 2. The number of benzene rings is 2. The van der Waals surface area contributed by atoms with Gasteiger partial charge in [-0.05, 0) is 90.1 Å². The molecular formula is C53H66BFN16O9U. The molecule has 0 spiro atoms. The van der Waals surface area contributed by atoms with Crippen molar-refractivity contribution in [2.24, 2.45) is 11.5 Å². The van der Waals surface area contributed by atoms with Crippen LogP contribution >= 0.6 is 0 Å². The third kappa shape index (κ3) is 19.9. The number of nitrogens with two attached hydrogens (primary N) is 3. The van der Waals surface area contributed by atoms with Gasteiger partial charge in [0.2, 0.25) is 23.7 Å². The summed E-state index contributed by atoms with van der Waals surface area (Å²) >= 11 is 0. The van der Waals surface area contributed by atoms with Gasteiger partial charge in [0.1, 0.15) is 35.6 Å². The number of hydrogen-bond acceptors (Lipinski definition) is 15. The third-order valence-corrected chi connectivity index (χ3v) is 11.4. The van der Waals surface area contributed by atoms with Crippen molar-refractivity contribution in [1.82, 2.24) is 59.3 Å². The molecule has 2 radical (unpaired) electrons. The largest absolute Gasteiger partial charge is 0.477 e. The van der Waals surface area contributed by atoms with E-state index >= 15 is 0 Å². The van der Waals surface area contributed by atoms with Crippen LogP contribution in [0.2, 0.25) is 0 Å². The Bertz CT molecular complexity index is 3370. The van der Waals surface area contributed by atoms with Crippen LogP contribution in [0.4, 0.5) is 25.9 Å². The summed E-state index contributed by atoms with van der Waals surface area (Å²) in [6.07, 6.45) is 4.65. The van der Waals surface area contributed by atoms with E-state index in [2.05, 4.69) is 54.5 Å². The Kier molecular flexibility index (Phi) is 26.3. The molecule has 0 bridgehead atoms. The van der Waals surface area contributed by atoms with Crippen molar-refractivity contribution < 1.29 is 80.2 Å². The molecule has 426 valence electrons. The third-order valence-electron chi connectivity index (χ3n) is 11.4. The number of rotatable bonds is 21. The van der Waals surface area contributed by atoms with Gasteiger partial charge in [-0.2, -0.15) is 10.2 Å². The normalized spacial score (nSPS) is 10.5. The molecule has 0 atom stereocenters. The van der Waals surface area contributed by atoms with Crippen LogP contribution in [0, 0.1) is 45.0 Å². The minimum atomic E-state index is -1.00. The maximum atomic E-state index is 13.0. The number of carboxylic acids is 1. The molecule has 0 aliphatic rings. The topological polar surface area (TPSA) is 352 Å². The number of alkyl carbamates (subject to hydrolysis) is 2. The maximum absolute atomic E-state index is 13.0. The number of aromatic nitrogens is 10. The number of aryl methyl sites for hydroxylation is 6. The monoisotopic (exact) mass is 1340 g/mol. The van der Waals surface area contributed by atoms with E-state index in [-0.39, 0.29) is 73.0 Å². The molecule has 0 saturated heterocycles. The van der Waals surface area contributed by atoms with Gasteiger partial charge in [-0.25, -0.2) is 34.3 Å². The van der Waals surface area contributed by atoms with Crippen LogP contribution in [0.5, 0.6) is 0 Å². The Labute approximate surface area is 494 Å². The first kappa shape index (κ1) is 63.2. The second kappa shape index (κ2) is 33.7. The van der Waals surface area contributed by atoms with Crippen LogP contribution < -0.4 is 33.2 Å². The number of hydrogen-bond donors (Lipinski definition) is 7. The first-order valence-corrected chi connectivity index (χ1v) is 24.9. The van der Waals surface area contributed by atoms with Crippen LogP contribution in [0.3, 0.4) is 0 Å². The fourth-order valence-electron chi connectivity index (χ4n) is 7.65. The van der Waals surface area contributed by atoms with E-state index in [1.807, 2.05) is 81.4 Å². The number of primary amides is 2. The summed E-state index contributed by atoms with van der Waals surface area (Å²) in [6.45, 7) is 10.9. The van der Waals surface area contributed by atoms with Crippen molar-refractivity contribution in [2.75, 3.05) is 31.3 Å². The number of nitrogens with one attached hydrogen (secondary N) is 3. The molecule has 28 heteroatoms. The summed E-state index contributed by atoms with van der Waals surface area (Å²) in [5, 5.41) is 25.3. The molecular weight excluding hydrogens is 1270 g/mol. The van der Waals surface area contributed by atoms with Gasteiger partial charge in [-0.1, -0.05) is 60.7 Å². The molecule has 25 nitrogen and oxygen atoms in total. The van der Waals surface area contributed by atoms with Crippen molar-refractivity contribution in [1.29, 1.82) is 1.34 Å². The second-order valence-corrected chi connectivity index (χ2v) is 17.2. The number of carbonyl (C=O) groups is 6. The van der Waals surface area contributed by atoms with E-state index < -0.39 is 37.1 Å². The van der Waals surface area contributed by atoms with Gasteiger partial charge in [-0.15, -0.1) is 0 Å². The van der Waals surface area contributed by atoms with Crippen LogP contribution in [0.1, 0.15) is 105 Å². The van der Waals surface area contributed by atoms with Crippen molar-refractivity contribution in [3.8, 4) is 0 Å². The number of nitrogen functional groups attached to an aromatic ring is 1. The van der Waals surface area contributed by atoms with E-state index in [1.54, 1.807) is 45.0 Å². The number of anilines is 2. The van der Waals surface area contributed by atoms with E-state index in [9.17, 15) is 33.2 Å². The number of unbranched alkanes of at least 4 members (excludes halogenated alkanes) is 2. The zero-order valence-electron chi connectivity index (χ0n) is 47.3. The Morgan fingerprint density at radius 2 is 1.12 bits per heavy atom. The maximum Gasteiger partial charge on any atom is 0.407 e. The standard InChI is InChI=1S/C26H30N8O4.C19H22N6O3.C7H10N2O2.CH3F.BH.U/c1-3-34-21(13-17(2)32-34)24(36)31-25-30-20-14-19(22(27)35)15-29-23(20)33(25)12-8-7-11-28-26(37)38-16-18-9-5-4-6-10-18;20-16(26)14-10-15-17(23-11-14)25(18(21)24-15)9-5-4-8-22-19(27)28-12-13-6-2-1-3-7-13;1-3-9-6(7(10)11)4-5(2)8-9;1-2;;/h4-6,9-10,13-15H,3,7-8,11-12,16H2,1-2H3,(H2,27,35)(H,28,37)(H,30,31,36);1-3,6-7,10-11H,4-5,8-9,12H2,(H2,20,26)(H2,21,24)(H,22,27);4H,3H2,1-2H3,(H,10,11);1H3;1H;/i;;;1D;1T;. The Morgan fingerprint density at radius 1 is 0.691 bits per heavy atom. The van der Waals surface area contributed by atoms with Crippen molar-refractivity contribution in [3.05, 3.63) is 142 Å². The molecule has 5 amide bonds. The number of carbonyl (C=O) groups excluding carboxylic acids is 5. The number of pyridine rings is 2. The number of alkyl halides is 1. The summed E-state index contributed by atoms with van der Waals surface area (Å²) in [5.41, 5.74) is 23.1. The molecule has 0 fully saturated rings. The Morgan fingerprint density at radius 3 is 1.57 bits per heavy atom.